The van der Waals surface area contributed by atoms with Crippen molar-refractivity contribution in [3.8, 4) is 0 Å². The van der Waals surface area contributed by atoms with E-state index in [2.05, 4.69) is 4.98 Å². The van der Waals surface area contributed by atoms with Gasteiger partial charge in [-0.15, -0.1) is 0 Å². The molecule has 1 atom stereocenters. The summed E-state index contributed by atoms with van der Waals surface area (Å²) >= 11 is 0. The average molecular weight is 338 g/mol. The van der Waals surface area contributed by atoms with Crippen molar-refractivity contribution in [2.75, 3.05) is 13.2 Å². The molecule has 0 radical (unpaired) electrons. The van der Waals surface area contributed by atoms with Gasteiger partial charge in [0.25, 0.3) is 0 Å². The molecule has 0 spiro atoms. The molecule has 0 aliphatic carbocycles. The van der Waals surface area contributed by atoms with Crippen LogP contribution in [0.15, 0.2) is 48.7 Å². The minimum atomic E-state index is -0.305. The highest BCUT2D eigenvalue weighted by molar-refractivity contribution is 5.89. The third kappa shape index (κ3) is 2.81. The van der Waals surface area contributed by atoms with E-state index in [-0.39, 0.29) is 30.8 Å². The Hall–Kier alpha value is -2.66. The van der Waals surface area contributed by atoms with E-state index < -0.39 is 0 Å². The molecule has 1 unspecified atom stereocenters. The lowest BCUT2D eigenvalue weighted by molar-refractivity contribution is -0.134. The lowest BCUT2D eigenvalue weighted by atomic mass is 9.92. The molecule has 2 N–H and O–H groups in total. The summed E-state index contributed by atoms with van der Waals surface area (Å²) in [5.74, 6) is -0.334. The Morgan fingerprint density at radius 2 is 2.12 bits per heavy atom. The van der Waals surface area contributed by atoms with Crippen molar-refractivity contribution < 1.29 is 14.3 Å². The van der Waals surface area contributed by atoms with Crippen molar-refractivity contribution in [2.24, 2.45) is 0 Å². The zero-order valence-corrected chi connectivity index (χ0v) is 13.7. The number of rotatable bonds is 3. The summed E-state index contributed by atoms with van der Waals surface area (Å²) in [7, 11) is 0. The average Bonchev–Trinajstić information content (AvgIpc) is 3.02. The van der Waals surface area contributed by atoms with Crippen LogP contribution in [0.4, 0.5) is 4.39 Å². The van der Waals surface area contributed by atoms with E-state index in [0.29, 0.717) is 12.1 Å². The van der Waals surface area contributed by atoms with E-state index in [1.807, 2.05) is 24.3 Å². The number of amides is 1. The number of aromatic amines is 1. The van der Waals surface area contributed by atoms with Crippen LogP contribution in [-0.4, -0.2) is 34.0 Å². The van der Waals surface area contributed by atoms with Gasteiger partial charge >= 0.3 is 0 Å². The number of H-pyrrole nitrogens is 1. The van der Waals surface area contributed by atoms with Crippen LogP contribution in [0.3, 0.4) is 0 Å². The van der Waals surface area contributed by atoms with Gasteiger partial charge in [-0.25, -0.2) is 4.39 Å². The van der Waals surface area contributed by atoms with Gasteiger partial charge in [-0.1, -0.05) is 24.3 Å². The number of fused-ring (bicyclic) bond motifs is 2. The summed E-state index contributed by atoms with van der Waals surface area (Å²) in [6, 6.07) is 12.2. The van der Waals surface area contributed by atoms with Gasteiger partial charge in [0, 0.05) is 23.6 Å². The van der Waals surface area contributed by atoms with Crippen molar-refractivity contribution in [1.29, 1.82) is 0 Å². The van der Waals surface area contributed by atoms with Crippen LogP contribution in [0.25, 0.3) is 10.9 Å². The second-order valence-corrected chi connectivity index (χ2v) is 6.41. The molecule has 1 aliphatic heterocycles. The maximum atomic E-state index is 13.3. The van der Waals surface area contributed by atoms with Crippen molar-refractivity contribution in [3.05, 3.63) is 71.2 Å². The van der Waals surface area contributed by atoms with Gasteiger partial charge in [0.05, 0.1) is 19.1 Å². The van der Waals surface area contributed by atoms with Crippen LogP contribution in [0, 0.1) is 5.82 Å². The normalized spacial score (nSPS) is 16.9. The van der Waals surface area contributed by atoms with Gasteiger partial charge in [0.1, 0.15) is 5.82 Å². The molecule has 1 aromatic heterocycles. The molecule has 2 aromatic carbocycles. The summed E-state index contributed by atoms with van der Waals surface area (Å²) in [5, 5.41) is 10.7. The van der Waals surface area contributed by atoms with E-state index in [1.54, 1.807) is 17.2 Å². The number of hydrogen-bond donors (Lipinski definition) is 2. The van der Waals surface area contributed by atoms with E-state index in [1.165, 1.54) is 17.7 Å². The summed E-state index contributed by atoms with van der Waals surface area (Å²) in [6.45, 7) is 0.500. The SMILES string of the molecule is O=C(Cc1c[nH]c2cc(F)ccc12)N1CCc2ccccc2C1CO. The van der Waals surface area contributed by atoms with E-state index in [9.17, 15) is 14.3 Å². The second-order valence-electron chi connectivity index (χ2n) is 6.41. The molecule has 0 saturated heterocycles. The Morgan fingerprint density at radius 3 is 2.96 bits per heavy atom. The molecule has 2 heterocycles. The first-order valence-corrected chi connectivity index (χ1v) is 8.41. The first-order valence-electron chi connectivity index (χ1n) is 8.41. The molecular weight excluding hydrogens is 319 g/mol. The Balaban J connectivity index is 1.60. The fourth-order valence-corrected chi connectivity index (χ4v) is 3.72. The fourth-order valence-electron chi connectivity index (χ4n) is 3.72. The molecule has 1 amide bonds. The molecule has 5 heteroatoms. The number of nitrogens with one attached hydrogen (secondary N) is 1. The van der Waals surface area contributed by atoms with Crippen LogP contribution in [0.5, 0.6) is 0 Å². The number of carbonyl (C=O) groups excluding carboxylic acids is 1. The fraction of sp³-hybridized carbons (Fsp3) is 0.250. The number of aromatic nitrogens is 1. The highest BCUT2D eigenvalue weighted by Gasteiger charge is 2.30. The first kappa shape index (κ1) is 15.8. The van der Waals surface area contributed by atoms with Crippen molar-refractivity contribution >= 4 is 16.8 Å². The Bertz CT molecular complexity index is 934. The molecule has 0 saturated carbocycles. The monoisotopic (exact) mass is 338 g/mol. The molecule has 25 heavy (non-hydrogen) atoms. The number of benzene rings is 2. The van der Waals surface area contributed by atoms with Crippen LogP contribution >= 0.6 is 0 Å². The van der Waals surface area contributed by atoms with Crippen LogP contribution in [0.2, 0.25) is 0 Å². The second kappa shape index (κ2) is 6.33. The Kier molecular flexibility index (Phi) is 4.01. The smallest absolute Gasteiger partial charge is 0.227 e. The van der Waals surface area contributed by atoms with Crippen LogP contribution in [-0.2, 0) is 17.6 Å². The number of halogens is 1. The molecule has 4 rings (SSSR count). The topological polar surface area (TPSA) is 56.3 Å². The lowest BCUT2D eigenvalue weighted by Gasteiger charge is -2.36. The molecule has 0 fully saturated rings. The molecule has 4 nitrogen and oxygen atoms in total. The molecular formula is C20H19FN2O2. The highest BCUT2D eigenvalue weighted by Crippen LogP contribution is 2.30. The van der Waals surface area contributed by atoms with Crippen molar-refractivity contribution in [2.45, 2.75) is 18.9 Å². The predicted octanol–water partition coefficient (Wildman–Crippen LogP) is 2.97. The van der Waals surface area contributed by atoms with Gasteiger partial charge in [0.15, 0.2) is 0 Å². The summed E-state index contributed by atoms with van der Waals surface area (Å²) < 4.78 is 13.3. The zero-order valence-electron chi connectivity index (χ0n) is 13.7. The Morgan fingerprint density at radius 1 is 1.28 bits per heavy atom. The summed E-state index contributed by atoms with van der Waals surface area (Å²) in [5.41, 5.74) is 3.74. The largest absolute Gasteiger partial charge is 0.394 e. The first-order chi connectivity index (χ1) is 12.2. The molecule has 128 valence electrons. The van der Waals surface area contributed by atoms with Crippen LogP contribution in [0.1, 0.15) is 22.7 Å². The van der Waals surface area contributed by atoms with Crippen molar-refractivity contribution in [3.63, 3.8) is 0 Å². The Labute approximate surface area is 144 Å². The van der Waals surface area contributed by atoms with Crippen LogP contribution < -0.4 is 0 Å². The maximum absolute atomic E-state index is 13.3. The standard InChI is InChI=1S/C20H19FN2O2/c21-15-5-6-16-14(11-22-18(16)10-15)9-20(25)23-8-7-13-3-1-2-4-17(13)19(23)12-24/h1-6,10-11,19,22,24H,7-9,12H2. The lowest BCUT2D eigenvalue weighted by Crippen LogP contribution is -2.42. The molecule has 1 aliphatic rings. The maximum Gasteiger partial charge on any atom is 0.227 e. The van der Waals surface area contributed by atoms with Gasteiger partial charge in [-0.05, 0) is 41.3 Å². The van der Waals surface area contributed by atoms with Gasteiger partial charge in [-0.3, -0.25) is 4.79 Å². The van der Waals surface area contributed by atoms with Crippen molar-refractivity contribution in [1.82, 2.24) is 9.88 Å². The number of hydrogen-bond acceptors (Lipinski definition) is 2. The number of carbonyl (C=O) groups is 1. The zero-order chi connectivity index (χ0) is 17.4. The number of nitrogens with zero attached hydrogens (tertiary/aromatic N) is 1. The van der Waals surface area contributed by atoms with E-state index in [0.717, 1.165) is 22.9 Å². The number of aliphatic hydroxyl groups is 1. The molecule has 0 bridgehead atoms. The summed E-state index contributed by atoms with van der Waals surface area (Å²) in [4.78, 5) is 17.7. The third-order valence-electron chi connectivity index (χ3n) is 4.98. The minimum Gasteiger partial charge on any atom is -0.394 e. The number of aliphatic hydroxyl groups excluding tert-OH is 1. The quantitative estimate of drug-likeness (QED) is 0.771. The molecule has 3 aromatic rings. The van der Waals surface area contributed by atoms with Gasteiger partial charge in [0.2, 0.25) is 5.91 Å². The predicted molar refractivity (Wildman–Crippen MR) is 93.6 cm³/mol. The van der Waals surface area contributed by atoms with Gasteiger partial charge < -0.3 is 15.0 Å². The minimum absolute atomic E-state index is 0.0289. The van der Waals surface area contributed by atoms with E-state index in [4.69, 9.17) is 0 Å². The third-order valence-corrected chi connectivity index (χ3v) is 4.98. The summed E-state index contributed by atoms with van der Waals surface area (Å²) in [6.07, 6.45) is 2.77. The van der Waals surface area contributed by atoms with Gasteiger partial charge in [-0.2, -0.15) is 0 Å². The highest BCUT2D eigenvalue weighted by atomic mass is 19.1. The van der Waals surface area contributed by atoms with E-state index >= 15 is 0 Å².